The molecule has 1 unspecified atom stereocenters. The number of nitrogens with one attached hydrogen (secondary N) is 1. The second kappa shape index (κ2) is 7.44. The lowest BCUT2D eigenvalue weighted by atomic mass is 9.97. The molecule has 0 aliphatic carbocycles. The molecule has 3 aromatic rings. The third-order valence-corrected chi connectivity index (χ3v) is 6.38. The fourth-order valence-electron chi connectivity index (χ4n) is 4.67. The van der Waals surface area contributed by atoms with Crippen LogP contribution in [0.5, 0.6) is 0 Å². The first kappa shape index (κ1) is 20.2. The van der Waals surface area contributed by atoms with E-state index in [1.54, 1.807) is 11.2 Å². The zero-order chi connectivity index (χ0) is 22.6. The van der Waals surface area contributed by atoms with Crippen LogP contribution >= 0.6 is 0 Å². The topological polar surface area (TPSA) is 84.3 Å². The van der Waals surface area contributed by atoms with E-state index < -0.39 is 11.9 Å². The Bertz CT molecular complexity index is 1290. The number of benzene rings is 2. The highest BCUT2D eigenvalue weighted by Gasteiger charge is 2.39. The molecule has 0 spiro atoms. The summed E-state index contributed by atoms with van der Waals surface area (Å²) in [6.07, 6.45) is 2.41. The van der Waals surface area contributed by atoms with Crippen LogP contribution in [0, 0.1) is 13.8 Å². The van der Waals surface area contributed by atoms with Gasteiger partial charge in [-0.15, -0.1) is 0 Å². The second-order valence-corrected chi connectivity index (χ2v) is 8.64. The van der Waals surface area contributed by atoms with Crippen molar-refractivity contribution in [1.82, 2.24) is 19.8 Å². The van der Waals surface area contributed by atoms with Crippen LogP contribution in [-0.4, -0.2) is 38.2 Å². The Kier molecular flexibility index (Phi) is 4.69. The average molecular weight is 428 g/mol. The third-order valence-electron chi connectivity index (χ3n) is 6.38. The number of imidazole rings is 1. The SMILES string of the molecule is Cc1ccc(C)c(-c2c(-c3ccc4c(c3)CN(C3CCC(=O)NC3=O)C4=O)ncn2C)c1. The summed E-state index contributed by atoms with van der Waals surface area (Å²) in [7, 11) is 1.98. The molecule has 0 radical (unpaired) electrons. The number of hydrogen-bond donors (Lipinski definition) is 1. The number of carbonyl (C=O) groups is 3. The number of amides is 3. The lowest BCUT2D eigenvalue weighted by Crippen LogP contribution is -2.52. The van der Waals surface area contributed by atoms with E-state index in [1.807, 2.05) is 29.8 Å². The summed E-state index contributed by atoms with van der Waals surface area (Å²) in [4.78, 5) is 43.0. The van der Waals surface area contributed by atoms with Gasteiger partial charge in [-0.3, -0.25) is 19.7 Å². The lowest BCUT2D eigenvalue weighted by Gasteiger charge is -2.29. The summed E-state index contributed by atoms with van der Waals surface area (Å²) in [5, 5.41) is 2.34. The molecule has 0 bridgehead atoms. The fourth-order valence-corrected chi connectivity index (χ4v) is 4.67. The van der Waals surface area contributed by atoms with Gasteiger partial charge in [0.2, 0.25) is 11.8 Å². The summed E-state index contributed by atoms with van der Waals surface area (Å²) in [6.45, 7) is 4.51. The molecule has 32 heavy (non-hydrogen) atoms. The highest BCUT2D eigenvalue weighted by molar-refractivity contribution is 6.05. The average Bonchev–Trinajstić information content (AvgIpc) is 3.29. The van der Waals surface area contributed by atoms with Crippen molar-refractivity contribution in [3.63, 3.8) is 0 Å². The van der Waals surface area contributed by atoms with E-state index in [-0.39, 0.29) is 18.2 Å². The maximum atomic E-state index is 13.0. The van der Waals surface area contributed by atoms with Gasteiger partial charge in [-0.05, 0) is 49.6 Å². The van der Waals surface area contributed by atoms with Crippen LogP contribution in [0.15, 0.2) is 42.7 Å². The molecule has 1 fully saturated rings. The highest BCUT2D eigenvalue weighted by Crippen LogP contribution is 2.36. The van der Waals surface area contributed by atoms with Gasteiger partial charge in [0.05, 0.1) is 17.7 Å². The van der Waals surface area contributed by atoms with E-state index in [0.717, 1.165) is 28.1 Å². The van der Waals surface area contributed by atoms with Crippen molar-refractivity contribution in [2.45, 2.75) is 39.3 Å². The number of imide groups is 1. The number of carbonyl (C=O) groups excluding carboxylic acids is 3. The number of piperidine rings is 1. The zero-order valence-corrected chi connectivity index (χ0v) is 18.3. The van der Waals surface area contributed by atoms with Crippen LogP contribution in [-0.2, 0) is 23.2 Å². The smallest absolute Gasteiger partial charge is 0.255 e. The van der Waals surface area contributed by atoms with Crippen LogP contribution in [0.25, 0.3) is 22.5 Å². The summed E-state index contributed by atoms with van der Waals surface area (Å²) in [6, 6.07) is 11.5. The minimum atomic E-state index is -0.614. The molecule has 162 valence electrons. The first-order valence-electron chi connectivity index (χ1n) is 10.7. The number of hydrogen-bond acceptors (Lipinski definition) is 4. The van der Waals surface area contributed by atoms with Gasteiger partial charge in [0.1, 0.15) is 6.04 Å². The molecule has 7 heteroatoms. The first-order valence-corrected chi connectivity index (χ1v) is 10.7. The highest BCUT2D eigenvalue weighted by atomic mass is 16.2. The predicted molar refractivity (Wildman–Crippen MR) is 120 cm³/mol. The van der Waals surface area contributed by atoms with E-state index in [4.69, 9.17) is 0 Å². The molecular formula is C25H24N4O3. The summed E-state index contributed by atoms with van der Waals surface area (Å²) in [5.74, 6) is -0.854. The third kappa shape index (κ3) is 3.21. The van der Waals surface area contributed by atoms with E-state index in [2.05, 4.69) is 42.3 Å². The second-order valence-electron chi connectivity index (χ2n) is 8.64. The molecular weight excluding hydrogens is 404 g/mol. The Labute approximate surface area is 186 Å². The molecule has 1 aromatic heterocycles. The lowest BCUT2D eigenvalue weighted by molar-refractivity contribution is -0.136. The molecule has 1 atom stereocenters. The number of aryl methyl sites for hydroxylation is 3. The predicted octanol–water partition coefficient (Wildman–Crippen LogP) is 3.13. The molecule has 7 nitrogen and oxygen atoms in total. The van der Waals surface area contributed by atoms with Crippen molar-refractivity contribution in [2.24, 2.45) is 7.05 Å². The van der Waals surface area contributed by atoms with Gasteiger partial charge in [-0.25, -0.2) is 4.98 Å². The summed E-state index contributed by atoms with van der Waals surface area (Å²) >= 11 is 0. The van der Waals surface area contributed by atoms with E-state index >= 15 is 0 Å². The quantitative estimate of drug-likeness (QED) is 0.650. The van der Waals surface area contributed by atoms with Crippen molar-refractivity contribution in [3.05, 3.63) is 65.0 Å². The van der Waals surface area contributed by atoms with Gasteiger partial charge in [0.25, 0.3) is 5.91 Å². The standard InChI is InChI=1S/C25H24N4O3/c1-14-4-5-15(2)19(10-14)23-22(26-13-28(23)3)16-6-7-18-17(11-16)12-29(25(18)32)20-8-9-21(30)27-24(20)31/h4-7,10-11,13,20H,8-9,12H2,1-3H3,(H,27,30,31). The molecule has 2 aliphatic rings. The minimum absolute atomic E-state index is 0.170. The number of nitrogens with zero attached hydrogens (tertiary/aromatic N) is 3. The van der Waals surface area contributed by atoms with Crippen molar-refractivity contribution in [1.29, 1.82) is 0 Å². The molecule has 1 saturated heterocycles. The van der Waals surface area contributed by atoms with Crippen LogP contribution in [0.3, 0.4) is 0 Å². The number of fused-ring (bicyclic) bond motifs is 1. The molecule has 0 saturated carbocycles. The molecule has 1 N–H and O–H groups in total. The van der Waals surface area contributed by atoms with Crippen LogP contribution in [0.4, 0.5) is 0 Å². The monoisotopic (exact) mass is 428 g/mol. The Hall–Kier alpha value is -3.74. The molecule has 2 aliphatic heterocycles. The van der Waals surface area contributed by atoms with Gasteiger partial charge < -0.3 is 9.47 Å². The molecule has 3 heterocycles. The normalized spacial score (nSPS) is 18.2. The summed E-state index contributed by atoms with van der Waals surface area (Å²) < 4.78 is 2.02. The molecule has 3 amide bonds. The van der Waals surface area contributed by atoms with Gasteiger partial charge in [0.15, 0.2) is 0 Å². The van der Waals surface area contributed by atoms with Crippen molar-refractivity contribution in [2.75, 3.05) is 0 Å². The number of rotatable bonds is 3. The minimum Gasteiger partial charge on any atom is -0.333 e. The van der Waals surface area contributed by atoms with E-state index in [9.17, 15) is 14.4 Å². The molecule has 5 rings (SSSR count). The number of aromatic nitrogens is 2. The van der Waals surface area contributed by atoms with Gasteiger partial charge >= 0.3 is 0 Å². The largest absolute Gasteiger partial charge is 0.333 e. The van der Waals surface area contributed by atoms with E-state index in [0.29, 0.717) is 18.5 Å². The Morgan fingerprint density at radius 2 is 1.84 bits per heavy atom. The fraction of sp³-hybridized carbons (Fsp3) is 0.280. The van der Waals surface area contributed by atoms with Gasteiger partial charge in [-0.1, -0.05) is 23.8 Å². The maximum absolute atomic E-state index is 13.0. The Morgan fingerprint density at radius 3 is 2.62 bits per heavy atom. The van der Waals surface area contributed by atoms with Crippen LogP contribution in [0.1, 0.15) is 39.9 Å². The first-order chi connectivity index (χ1) is 15.3. The maximum Gasteiger partial charge on any atom is 0.255 e. The van der Waals surface area contributed by atoms with Crippen molar-refractivity contribution >= 4 is 17.7 Å². The van der Waals surface area contributed by atoms with E-state index in [1.165, 1.54) is 11.1 Å². The van der Waals surface area contributed by atoms with Crippen molar-refractivity contribution < 1.29 is 14.4 Å². The van der Waals surface area contributed by atoms with Gasteiger partial charge in [0, 0.05) is 36.7 Å². The van der Waals surface area contributed by atoms with Crippen LogP contribution in [0.2, 0.25) is 0 Å². The zero-order valence-electron chi connectivity index (χ0n) is 18.3. The Morgan fingerprint density at radius 1 is 1.03 bits per heavy atom. The Balaban J connectivity index is 1.52. The van der Waals surface area contributed by atoms with Crippen molar-refractivity contribution in [3.8, 4) is 22.5 Å². The van der Waals surface area contributed by atoms with Crippen LogP contribution < -0.4 is 5.32 Å². The summed E-state index contributed by atoms with van der Waals surface area (Å²) in [5.41, 5.74) is 7.75. The van der Waals surface area contributed by atoms with Gasteiger partial charge in [-0.2, -0.15) is 0 Å². The molecule has 2 aromatic carbocycles.